The summed E-state index contributed by atoms with van der Waals surface area (Å²) in [6, 6.07) is 5.23. The number of primary amides is 1. The molecule has 0 spiro atoms. The molecule has 0 fully saturated rings. The lowest BCUT2D eigenvalue weighted by Gasteiger charge is -2.21. The Morgan fingerprint density at radius 2 is 2.12 bits per heavy atom. The van der Waals surface area contributed by atoms with Crippen LogP contribution in [0.25, 0.3) is 0 Å². The van der Waals surface area contributed by atoms with E-state index < -0.39 is 5.91 Å². The van der Waals surface area contributed by atoms with Crippen molar-refractivity contribution in [1.82, 2.24) is 0 Å². The summed E-state index contributed by atoms with van der Waals surface area (Å²) in [6.07, 6.45) is 0. The van der Waals surface area contributed by atoms with Gasteiger partial charge in [0.1, 0.15) is 4.99 Å². The van der Waals surface area contributed by atoms with Gasteiger partial charge >= 0.3 is 0 Å². The van der Waals surface area contributed by atoms with Crippen molar-refractivity contribution >= 4 is 40.4 Å². The molecule has 1 rings (SSSR count). The van der Waals surface area contributed by atoms with Gasteiger partial charge in [0.05, 0.1) is 17.1 Å². The van der Waals surface area contributed by atoms with Crippen LogP contribution in [0, 0.1) is 0 Å². The van der Waals surface area contributed by atoms with Gasteiger partial charge in [-0.3, -0.25) is 4.79 Å². The molecule has 1 aromatic rings. The number of anilines is 1. The number of amides is 1. The molecule has 0 saturated carbocycles. The van der Waals surface area contributed by atoms with E-state index in [1.54, 1.807) is 30.1 Å². The molecule has 0 aromatic heterocycles. The zero-order valence-electron chi connectivity index (χ0n) is 8.74. The molecular formula is C10H12ClN3OS. The summed E-state index contributed by atoms with van der Waals surface area (Å²) in [6.45, 7) is 0.0793. The van der Waals surface area contributed by atoms with Crippen molar-refractivity contribution in [3.8, 4) is 0 Å². The van der Waals surface area contributed by atoms with Gasteiger partial charge in [-0.15, -0.1) is 0 Å². The molecule has 0 aliphatic rings. The zero-order chi connectivity index (χ0) is 12.3. The summed E-state index contributed by atoms with van der Waals surface area (Å²) < 4.78 is 0. The number of benzene rings is 1. The van der Waals surface area contributed by atoms with E-state index in [2.05, 4.69) is 0 Å². The predicted molar refractivity (Wildman–Crippen MR) is 69.8 cm³/mol. The van der Waals surface area contributed by atoms with Crippen LogP contribution in [0.2, 0.25) is 5.02 Å². The van der Waals surface area contributed by atoms with Crippen molar-refractivity contribution in [2.24, 2.45) is 11.5 Å². The lowest BCUT2D eigenvalue weighted by atomic mass is 10.1. The van der Waals surface area contributed by atoms with Gasteiger partial charge in [-0.05, 0) is 12.1 Å². The van der Waals surface area contributed by atoms with E-state index in [9.17, 15) is 4.79 Å². The summed E-state index contributed by atoms with van der Waals surface area (Å²) in [5, 5.41) is 0.460. The average molecular weight is 258 g/mol. The molecule has 16 heavy (non-hydrogen) atoms. The van der Waals surface area contributed by atoms with Crippen molar-refractivity contribution in [2.45, 2.75) is 0 Å². The van der Waals surface area contributed by atoms with Gasteiger partial charge in [-0.1, -0.05) is 29.9 Å². The van der Waals surface area contributed by atoms with Crippen LogP contribution in [-0.4, -0.2) is 24.5 Å². The number of nitrogens with zero attached hydrogens (tertiary/aromatic N) is 1. The molecular weight excluding hydrogens is 246 g/mol. The molecule has 0 atom stereocenters. The van der Waals surface area contributed by atoms with Crippen LogP contribution in [0.4, 0.5) is 5.69 Å². The minimum atomic E-state index is -0.434. The van der Waals surface area contributed by atoms with Gasteiger partial charge in [-0.2, -0.15) is 0 Å². The summed E-state index contributed by atoms with van der Waals surface area (Å²) in [4.78, 5) is 12.7. The number of hydrogen-bond acceptors (Lipinski definition) is 3. The van der Waals surface area contributed by atoms with Gasteiger partial charge in [0.15, 0.2) is 0 Å². The maximum Gasteiger partial charge on any atom is 0.236 e. The molecule has 1 aromatic carbocycles. The first-order valence-corrected chi connectivity index (χ1v) is 5.30. The molecule has 0 saturated heterocycles. The van der Waals surface area contributed by atoms with Gasteiger partial charge in [0, 0.05) is 12.7 Å². The first kappa shape index (κ1) is 12.7. The largest absolute Gasteiger partial charge is 0.389 e. The van der Waals surface area contributed by atoms with Gasteiger partial charge < -0.3 is 16.4 Å². The molecule has 0 radical (unpaired) electrons. The Morgan fingerprint density at radius 1 is 1.50 bits per heavy atom. The normalized spacial score (nSPS) is 9.88. The molecule has 1 amide bonds. The highest BCUT2D eigenvalue weighted by Gasteiger charge is 2.14. The minimum Gasteiger partial charge on any atom is -0.389 e. The number of rotatable bonds is 4. The Kier molecular flexibility index (Phi) is 4.09. The summed E-state index contributed by atoms with van der Waals surface area (Å²) in [7, 11) is 1.72. The second-order valence-electron chi connectivity index (χ2n) is 3.32. The third-order valence-corrected chi connectivity index (χ3v) is 2.56. The average Bonchev–Trinajstić information content (AvgIpc) is 2.15. The van der Waals surface area contributed by atoms with Gasteiger partial charge in [0.2, 0.25) is 5.91 Å². The maximum absolute atomic E-state index is 10.8. The lowest BCUT2D eigenvalue weighted by Crippen LogP contribution is -2.32. The summed E-state index contributed by atoms with van der Waals surface area (Å²) in [5.74, 6) is -0.434. The van der Waals surface area contributed by atoms with Crippen molar-refractivity contribution in [2.75, 3.05) is 18.5 Å². The first-order chi connectivity index (χ1) is 7.43. The highest BCUT2D eigenvalue weighted by atomic mass is 35.5. The molecule has 0 aliphatic heterocycles. The second kappa shape index (κ2) is 5.14. The second-order valence-corrected chi connectivity index (χ2v) is 4.17. The van der Waals surface area contributed by atoms with Crippen molar-refractivity contribution in [3.05, 3.63) is 28.8 Å². The van der Waals surface area contributed by atoms with E-state index in [-0.39, 0.29) is 11.5 Å². The van der Waals surface area contributed by atoms with Crippen LogP contribution in [0.5, 0.6) is 0 Å². The van der Waals surface area contributed by atoms with Crippen LogP contribution >= 0.6 is 23.8 Å². The van der Waals surface area contributed by atoms with Gasteiger partial charge in [-0.25, -0.2) is 0 Å². The predicted octanol–water partition coefficient (Wildman–Crippen LogP) is 0.896. The Bertz CT molecular complexity index is 436. The SMILES string of the molecule is CN(CC(N)=O)c1cccc(Cl)c1C(N)=S. The standard InChI is InChI=1S/C10H12ClN3OS/c1-14(5-8(12)15)7-4-2-3-6(11)9(7)10(13)16/h2-4H,5H2,1H3,(H2,12,15)(H2,13,16). The Labute approximate surface area is 104 Å². The highest BCUT2D eigenvalue weighted by Crippen LogP contribution is 2.26. The lowest BCUT2D eigenvalue weighted by molar-refractivity contribution is -0.116. The van der Waals surface area contributed by atoms with Crippen LogP contribution in [0.3, 0.4) is 0 Å². The van der Waals surface area contributed by atoms with Crippen molar-refractivity contribution in [1.29, 1.82) is 0 Å². The molecule has 4 N–H and O–H groups in total. The van der Waals surface area contributed by atoms with Crippen molar-refractivity contribution < 1.29 is 4.79 Å². The van der Waals surface area contributed by atoms with E-state index in [1.807, 2.05) is 0 Å². The van der Waals surface area contributed by atoms with Crippen LogP contribution in [0.15, 0.2) is 18.2 Å². The Hall–Kier alpha value is -1.33. The zero-order valence-corrected chi connectivity index (χ0v) is 10.3. The Morgan fingerprint density at radius 3 is 2.62 bits per heavy atom. The van der Waals surface area contributed by atoms with Gasteiger partial charge in [0.25, 0.3) is 0 Å². The number of hydrogen-bond donors (Lipinski definition) is 2. The number of likely N-dealkylation sites (N-methyl/N-ethyl adjacent to an activating group) is 1. The van der Waals surface area contributed by atoms with E-state index in [0.717, 1.165) is 0 Å². The Balaban J connectivity index is 3.17. The van der Waals surface area contributed by atoms with E-state index >= 15 is 0 Å². The number of carbonyl (C=O) groups excluding carboxylic acids is 1. The number of nitrogens with two attached hydrogens (primary N) is 2. The minimum absolute atomic E-state index is 0.0793. The molecule has 86 valence electrons. The fourth-order valence-corrected chi connectivity index (χ4v) is 1.94. The fourth-order valence-electron chi connectivity index (χ4n) is 1.39. The first-order valence-electron chi connectivity index (χ1n) is 4.51. The molecule has 6 heteroatoms. The summed E-state index contributed by atoms with van der Waals surface area (Å²) >= 11 is 10.9. The topological polar surface area (TPSA) is 72.3 Å². The van der Waals surface area contributed by atoms with Crippen molar-refractivity contribution in [3.63, 3.8) is 0 Å². The molecule has 0 heterocycles. The number of halogens is 1. The van der Waals surface area contributed by atoms with E-state index in [0.29, 0.717) is 16.3 Å². The third-order valence-electron chi connectivity index (χ3n) is 2.04. The molecule has 0 aliphatic carbocycles. The molecule has 4 nitrogen and oxygen atoms in total. The van der Waals surface area contributed by atoms with E-state index in [4.69, 9.17) is 35.3 Å². The third kappa shape index (κ3) is 2.84. The quantitative estimate of drug-likeness (QED) is 0.786. The van der Waals surface area contributed by atoms with Crippen LogP contribution in [0.1, 0.15) is 5.56 Å². The number of thiocarbonyl (C=S) groups is 1. The molecule has 0 unspecified atom stereocenters. The monoisotopic (exact) mass is 257 g/mol. The highest BCUT2D eigenvalue weighted by molar-refractivity contribution is 7.80. The summed E-state index contributed by atoms with van der Waals surface area (Å²) in [5.41, 5.74) is 12.0. The van der Waals surface area contributed by atoms with E-state index in [1.165, 1.54) is 0 Å². The maximum atomic E-state index is 10.8. The van der Waals surface area contributed by atoms with Crippen LogP contribution < -0.4 is 16.4 Å². The smallest absolute Gasteiger partial charge is 0.236 e. The number of carbonyl (C=O) groups is 1. The molecule has 0 bridgehead atoms. The van der Waals surface area contributed by atoms with Crippen LogP contribution in [-0.2, 0) is 4.79 Å². The fraction of sp³-hybridized carbons (Fsp3) is 0.200.